The van der Waals surface area contributed by atoms with E-state index < -0.39 is 0 Å². The standard InChI is InChI=1S/C14H8ClFN2OS/c15-10-2-1-3-11-12(10)17-14(20-11)18-13(19)8-4-6-9(16)7-5-8/h1-7H,(H,17,18,19). The molecule has 3 aromatic rings. The summed E-state index contributed by atoms with van der Waals surface area (Å²) in [5.74, 6) is -0.714. The Hall–Kier alpha value is -1.98. The van der Waals surface area contributed by atoms with E-state index in [1.165, 1.54) is 35.6 Å². The third kappa shape index (κ3) is 2.50. The molecule has 0 radical (unpaired) electrons. The van der Waals surface area contributed by atoms with E-state index in [0.29, 0.717) is 21.2 Å². The molecule has 1 aromatic heterocycles. The van der Waals surface area contributed by atoms with E-state index in [1.54, 1.807) is 6.07 Å². The largest absolute Gasteiger partial charge is 0.298 e. The van der Waals surface area contributed by atoms with Gasteiger partial charge in [-0.05, 0) is 36.4 Å². The highest BCUT2D eigenvalue weighted by Gasteiger charge is 2.11. The minimum atomic E-state index is -0.381. The molecule has 100 valence electrons. The van der Waals surface area contributed by atoms with Gasteiger partial charge in [0.25, 0.3) is 5.91 Å². The molecule has 3 rings (SSSR count). The Bertz CT molecular complexity index is 785. The number of amides is 1. The number of halogens is 2. The molecule has 0 saturated carbocycles. The molecule has 0 atom stereocenters. The van der Waals surface area contributed by atoms with Gasteiger partial charge >= 0.3 is 0 Å². The van der Waals surface area contributed by atoms with Crippen molar-refractivity contribution in [3.63, 3.8) is 0 Å². The number of benzene rings is 2. The van der Waals surface area contributed by atoms with Crippen LogP contribution in [-0.4, -0.2) is 10.9 Å². The molecule has 0 spiro atoms. The van der Waals surface area contributed by atoms with Crippen LogP contribution in [0.25, 0.3) is 10.2 Å². The summed E-state index contributed by atoms with van der Waals surface area (Å²) in [5, 5.41) is 3.68. The van der Waals surface area contributed by atoms with Crippen LogP contribution in [0.2, 0.25) is 5.02 Å². The first kappa shape index (κ1) is 13.0. The zero-order valence-corrected chi connectivity index (χ0v) is 11.6. The fourth-order valence-electron chi connectivity index (χ4n) is 1.74. The Morgan fingerprint density at radius 3 is 2.65 bits per heavy atom. The second-order valence-electron chi connectivity index (χ2n) is 4.07. The van der Waals surface area contributed by atoms with Gasteiger partial charge in [0.15, 0.2) is 5.13 Å². The van der Waals surface area contributed by atoms with Crippen LogP contribution in [0.1, 0.15) is 10.4 Å². The van der Waals surface area contributed by atoms with E-state index in [4.69, 9.17) is 11.6 Å². The number of fused-ring (bicyclic) bond motifs is 1. The van der Waals surface area contributed by atoms with Crippen molar-refractivity contribution < 1.29 is 9.18 Å². The van der Waals surface area contributed by atoms with Crippen LogP contribution >= 0.6 is 22.9 Å². The van der Waals surface area contributed by atoms with E-state index >= 15 is 0 Å². The number of anilines is 1. The fourth-order valence-corrected chi connectivity index (χ4v) is 2.90. The summed E-state index contributed by atoms with van der Waals surface area (Å²) >= 11 is 7.37. The number of rotatable bonds is 2. The highest BCUT2D eigenvalue weighted by Crippen LogP contribution is 2.30. The van der Waals surface area contributed by atoms with Gasteiger partial charge in [0.1, 0.15) is 11.3 Å². The number of carbonyl (C=O) groups is 1. The quantitative estimate of drug-likeness (QED) is 0.765. The summed E-state index contributed by atoms with van der Waals surface area (Å²) in [5.41, 5.74) is 1.03. The van der Waals surface area contributed by atoms with Crippen LogP contribution in [0.3, 0.4) is 0 Å². The monoisotopic (exact) mass is 306 g/mol. The number of thiazole rings is 1. The van der Waals surface area contributed by atoms with E-state index in [-0.39, 0.29) is 11.7 Å². The third-order valence-electron chi connectivity index (χ3n) is 2.70. The van der Waals surface area contributed by atoms with Crippen LogP contribution in [0, 0.1) is 5.82 Å². The van der Waals surface area contributed by atoms with Crippen molar-refractivity contribution in [2.75, 3.05) is 5.32 Å². The number of carbonyl (C=O) groups excluding carboxylic acids is 1. The van der Waals surface area contributed by atoms with Gasteiger partial charge in [-0.15, -0.1) is 0 Å². The highest BCUT2D eigenvalue weighted by atomic mass is 35.5. The summed E-state index contributed by atoms with van der Waals surface area (Å²) in [4.78, 5) is 16.3. The summed E-state index contributed by atoms with van der Waals surface area (Å²) in [6.45, 7) is 0. The maximum absolute atomic E-state index is 12.8. The number of nitrogens with zero attached hydrogens (tertiary/aromatic N) is 1. The molecule has 0 bridgehead atoms. The summed E-state index contributed by atoms with van der Waals surface area (Å²) < 4.78 is 13.7. The molecule has 20 heavy (non-hydrogen) atoms. The molecular weight excluding hydrogens is 299 g/mol. The van der Waals surface area contributed by atoms with Gasteiger partial charge in [0.05, 0.1) is 9.72 Å². The SMILES string of the molecule is O=C(Nc1nc2c(Cl)cccc2s1)c1ccc(F)cc1. The summed E-state index contributed by atoms with van der Waals surface area (Å²) in [7, 11) is 0. The molecule has 1 N–H and O–H groups in total. The summed E-state index contributed by atoms with van der Waals surface area (Å²) in [6, 6.07) is 10.8. The minimum Gasteiger partial charge on any atom is -0.298 e. The molecule has 1 heterocycles. The number of aromatic nitrogens is 1. The first-order chi connectivity index (χ1) is 9.63. The van der Waals surface area contributed by atoms with Crippen LogP contribution in [0.4, 0.5) is 9.52 Å². The Labute approximate surface area is 123 Å². The second-order valence-corrected chi connectivity index (χ2v) is 5.50. The van der Waals surface area contributed by atoms with Crippen molar-refractivity contribution in [3.05, 3.63) is 58.9 Å². The normalized spacial score (nSPS) is 10.7. The molecule has 0 fully saturated rings. The number of hydrogen-bond donors (Lipinski definition) is 1. The van der Waals surface area contributed by atoms with Crippen molar-refractivity contribution >= 4 is 44.2 Å². The average Bonchev–Trinajstić information content (AvgIpc) is 2.83. The molecule has 0 aliphatic heterocycles. The molecular formula is C14H8ClFN2OS. The van der Waals surface area contributed by atoms with Crippen molar-refractivity contribution in [1.29, 1.82) is 0 Å². The van der Waals surface area contributed by atoms with Gasteiger partial charge in [-0.25, -0.2) is 9.37 Å². The Morgan fingerprint density at radius 2 is 1.95 bits per heavy atom. The first-order valence-electron chi connectivity index (χ1n) is 5.75. The fraction of sp³-hybridized carbons (Fsp3) is 0. The van der Waals surface area contributed by atoms with Gasteiger partial charge in [0.2, 0.25) is 0 Å². The van der Waals surface area contributed by atoms with Gasteiger partial charge in [-0.3, -0.25) is 10.1 Å². The highest BCUT2D eigenvalue weighted by molar-refractivity contribution is 7.22. The smallest absolute Gasteiger partial charge is 0.257 e. The molecule has 2 aromatic carbocycles. The Balaban J connectivity index is 1.87. The van der Waals surface area contributed by atoms with Crippen molar-refractivity contribution in [1.82, 2.24) is 4.98 Å². The van der Waals surface area contributed by atoms with E-state index in [0.717, 1.165) is 4.70 Å². The van der Waals surface area contributed by atoms with Crippen molar-refractivity contribution in [2.45, 2.75) is 0 Å². The lowest BCUT2D eigenvalue weighted by Gasteiger charge is -2.00. The molecule has 0 aliphatic rings. The first-order valence-corrected chi connectivity index (χ1v) is 6.95. The molecule has 0 unspecified atom stereocenters. The second kappa shape index (κ2) is 5.19. The molecule has 1 amide bonds. The molecule has 0 aliphatic carbocycles. The van der Waals surface area contributed by atoms with Crippen LogP contribution < -0.4 is 5.32 Å². The predicted molar refractivity (Wildman–Crippen MR) is 79.0 cm³/mol. The summed E-state index contributed by atoms with van der Waals surface area (Å²) in [6.07, 6.45) is 0. The van der Waals surface area contributed by atoms with Gasteiger partial charge in [-0.1, -0.05) is 29.0 Å². The lowest BCUT2D eigenvalue weighted by Crippen LogP contribution is -2.11. The van der Waals surface area contributed by atoms with E-state index in [9.17, 15) is 9.18 Å². The number of hydrogen-bond acceptors (Lipinski definition) is 3. The molecule has 6 heteroatoms. The van der Waals surface area contributed by atoms with Gasteiger partial charge in [0, 0.05) is 5.56 Å². The van der Waals surface area contributed by atoms with Crippen LogP contribution in [0.15, 0.2) is 42.5 Å². The molecule has 3 nitrogen and oxygen atoms in total. The van der Waals surface area contributed by atoms with Crippen LogP contribution in [-0.2, 0) is 0 Å². The Morgan fingerprint density at radius 1 is 1.20 bits per heavy atom. The van der Waals surface area contributed by atoms with Gasteiger partial charge < -0.3 is 0 Å². The number of nitrogens with one attached hydrogen (secondary N) is 1. The third-order valence-corrected chi connectivity index (χ3v) is 3.94. The lowest BCUT2D eigenvalue weighted by atomic mass is 10.2. The van der Waals surface area contributed by atoms with E-state index in [1.807, 2.05) is 12.1 Å². The Kier molecular flexibility index (Phi) is 3.38. The zero-order valence-electron chi connectivity index (χ0n) is 10.1. The predicted octanol–water partition coefficient (Wildman–Crippen LogP) is 4.34. The van der Waals surface area contributed by atoms with Gasteiger partial charge in [-0.2, -0.15) is 0 Å². The maximum atomic E-state index is 12.8. The van der Waals surface area contributed by atoms with E-state index in [2.05, 4.69) is 10.3 Å². The van der Waals surface area contributed by atoms with Crippen molar-refractivity contribution in [3.8, 4) is 0 Å². The van der Waals surface area contributed by atoms with Crippen molar-refractivity contribution in [2.24, 2.45) is 0 Å². The topological polar surface area (TPSA) is 42.0 Å². The maximum Gasteiger partial charge on any atom is 0.257 e. The van der Waals surface area contributed by atoms with Crippen LogP contribution in [0.5, 0.6) is 0 Å². The lowest BCUT2D eigenvalue weighted by molar-refractivity contribution is 0.102. The minimum absolute atomic E-state index is 0.333. The molecule has 0 saturated heterocycles. The average molecular weight is 307 g/mol. The number of para-hydroxylation sites is 1. The zero-order chi connectivity index (χ0) is 14.1.